The van der Waals surface area contributed by atoms with Gasteiger partial charge in [0.15, 0.2) is 5.78 Å². The van der Waals surface area contributed by atoms with Gasteiger partial charge in [-0.2, -0.15) is 0 Å². The first kappa shape index (κ1) is 24.7. The quantitative estimate of drug-likeness (QED) is 0.331. The van der Waals surface area contributed by atoms with E-state index in [1.807, 2.05) is 20.8 Å². The van der Waals surface area contributed by atoms with Crippen LogP contribution in [0.25, 0.3) is 0 Å². The third-order valence-corrected chi connectivity index (χ3v) is 12.1. The van der Waals surface area contributed by atoms with Gasteiger partial charge in [-0.05, 0) is 83.8 Å². The Labute approximate surface area is 211 Å². The topological polar surface area (TPSA) is 137 Å². The van der Waals surface area contributed by atoms with E-state index in [1.54, 1.807) is 6.92 Å². The Bertz CT molecular complexity index is 1120. The summed E-state index contributed by atoms with van der Waals surface area (Å²) >= 11 is 0. The number of fused-ring (bicyclic) bond motifs is 4. The summed E-state index contributed by atoms with van der Waals surface area (Å²) in [5.74, 6) is -1.19. The van der Waals surface area contributed by atoms with E-state index in [4.69, 9.17) is 9.47 Å². The van der Waals surface area contributed by atoms with Crippen molar-refractivity contribution in [2.45, 2.75) is 114 Å². The van der Waals surface area contributed by atoms with Gasteiger partial charge in [0.25, 0.3) is 0 Å². The van der Waals surface area contributed by atoms with Gasteiger partial charge in [-0.3, -0.25) is 4.79 Å². The second kappa shape index (κ2) is 6.89. The van der Waals surface area contributed by atoms with Crippen molar-refractivity contribution in [2.24, 2.45) is 22.7 Å². The lowest BCUT2D eigenvalue weighted by Crippen LogP contribution is -2.73. The fourth-order valence-electron chi connectivity index (χ4n) is 9.42. The molecule has 4 aliphatic carbocycles. The number of epoxide rings is 1. The molecule has 2 aliphatic heterocycles. The fourth-order valence-corrected chi connectivity index (χ4v) is 9.42. The van der Waals surface area contributed by atoms with Crippen LogP contribution in [-0.2, 0) is 19.1 Å². The molecule has 8 heteroatoms. The van der Waals surface area contributed by atoms with Gasteiger partial charge < -0.3 is 29.9 Å². The highest BCUT2D eigenvalue weighted by Gasteiger charge is 2.84. The standard InChI is InChI=1S/C28H38O8/c1-14-12-20(35-22(31)15(14)2)25(5,32)27(34)11-10-26(33)17-13-21-28(36-21)19(30)7-6-18(29)24(28,4)16(17)8-9-23(26,27)3/h6-7,16-17,19-21,30,32-34H,8-13H2,1-5H3/t16?,17?,19-,20?,21+,23-,24-,25?,26+,27-,28+/m0/s1. The minimum absolute atomic E-state index is 0.0933. The number of aliphatic hydroxyl groups is 4. The van der Waals surface area contributed by atoms with Gasteiger partial charge >= 0.3 is 5.97 Å². The summed E-state index contributed by atoms with van der Waals surface area (Å²) in [6.45, 7) is 8.73. The third kappa shape index (κ3) is 2.40. The third-order valence-electron chi connectivity index (χ3n) is 12.1. The highest BCUT2D eigenvalue weighted by atomic mass is 16.6. The van der Waals surface area contributed by atoms with Crippen molar-refractivity contribution < 1.29 is 39.5 Å². The van der Waals surface area contributed by atoms with E-state index in [1.165, 1.54) is 19.1 Å². The molecule has 0 aromatic carbocycles. The first-order chi connectivity index (χ1) is 16.6. The van der Waals surface area contributed by atoms with Gasteiger partial charge in [0.1, 0.15) is 29.0 Å². The summed E-state index contributed by atoms with van der Waals surface area (Å²) in [7, 11) is 0. The number of hydrogen-bond donors (Lipinski definition) is 4. The molecule has 36 heavy (non-hydrogen) atoms. The van der Waals surface area contributed by atoms with E-state index < -0.39 is 51.4 Å². The summed E-state index contributed by atoms with van der Waals surface area (Å²) in [6, 6.07) is 0. The number of ether oxygens (including phenoxy) is 2. The van der Waals surface area contributed by atoms with E-state index in [2.05, 4.69) is 0 Å². The molecule has 3 saturated carbocycles. The van der Waals surface area contributed by atoms with Gasteiger partial charge in [0, 0.05) is 17.4 Å². The summed E-state index contributed by atoms with van der Waals surface area (Å²) in [6.07, 6.45) is 2.84. The average Bonchev–Trinajstić information content (AvgIpc) is 3.51. The molecule has 11 atom stereocenters. The summed E-state index contributed by atoms with van der Waals surface area (Å²) < 4.78 is 11.7. The zero-order chi connectivity index (χ0) is 26.3. The lowest BCUT2D eigenvalue weighted by molar-refractivity contribution is -0.283. The maximum absolute atomic E-state index is 13.3. The van der Waals surface area contributed by atoms with Crippen molar-refractivity contribution in [2.75, 3.05) is 0 Å². The van der Waals surface area contributed by atoms with Gasteiger partial charge in [0.2, 0.25) is 0 Å². The SMILES string of the molecule is CC1=C(C)C(=O)OC(C(C)(O)[C@]2(O)CC[C@@]3(O)C4C[C@H]5O[C@]56[C@@H](O)C=CC(=O)[C@]6(C)C4CC[C@@]32C)C1. The minimum Gasteiger partial charge on any atom is -0.455 e. The Hall–Kier alpha value is -1.58. The molecule has 1 spiro atoms. The average molecular weight is 503 g/mol. The number of carbonyl (C=O) groups is 2. The monoisotopic (exact) mass is 502 g/mol. The lowest BCUT2D eigenvalue weighted by atomic mass is 9.42. The Morgan fingerprint density at radius 3 is 2.44 bits per heavy atom. The maximum atomic E-state index is 13.3. The molecule has 0 bridgehead atoms. The molecule has 4 N–H and O–H groups in total. The molecule has 4 fully saturated rings. The van der Waals surface area contributed by atoms with E-state index in [9.17, 15) is 30.0 Å². The maximum Gasteiger partial charge on any atom is 0.334 e. The molecule has 6 aliphatic rings. The van der Waals surface area contributed by atoms with Crippen LogP contribution in [0.3, 0.4) is 0 Å². The first-order valence-electron chi connectivity index (χ1n) is 13.2. The number of aliphatic hydroxyl groups excluding tert-OH is 1. The van der Waals surface area contributed by atoms with Crippen molar-refractivity contribution in [3.8, 4) is 0 Å². The van der Waals surface area contributed by atoms with Crippen LogP contribution >= 0.6 is 0 Å². The van der Waals surface area contributed by atoms with E-state index in [0.717, 1.165) is 5.57 Å². The molecule has 0 aromatic rings. The largest absolute Gasteiger partial charge is 0.455 e. The lowest BCUT2D eigenvalue weighted by Gasteiger charge is -2.63. The van der Waals surface area contributed by atoms with Crippen molar-refractivity contribution in [1.82, 2.24) is 0 Å². The molecule has 4 unspecified atom stereocenters. The molecule has 0 amide bonds. The zero-order valence-electron chi connectivity index (χ0n) is 21.7. The second-order valence-electron chi connectivity index (χ2n) is 13.0. The molecule has 6 rings (SSSR count). The van der Waals surface area contributed by atoms with Crippen LogP contribution in [0.5, 0.6) is 0 Å². The molecule has 198 valence electrons. The molecule has 2 heterocycles. The molecular formula is C28H38O8. The van der Waals surface area contributed by atoms with Crippen LogP contribution in [0, 0.1) is 22.7 Å². The molecular weight excluding hydrogens is 464 g/mol. The number of allylic oxidation sites excluding steroid dienone is 1. The van der Waals surface area contributed by atoms with Gasteiger partial charge in [-0.1, -0.05) is 12.5 Å². The van der Waals surface area contributed by atoms with Crippen molar-refractivity contribution in [1.29, 1.82) is 0 Å². The Morgan fingerprint density at radius 2 is 1.78 bits per heavy atom. The number of cyclic esters (lactones) is 1. The normalized spacial score (nSPS) is 55.2. The highest BCUT2D eigenvalue weighted by Crippen LogP contribution is 2.75. The molecule has 0 aromatic heterocycles. The van der Waals surface area contributed by atoms with Crippen LogP contribution in [0.4, 0.5) is 0 Å². The van der Waals surface area contributed by atoms with Crippen molar-refractivity contribution in [3.05, 3.63) is 23.3 Å². The smallest absolute Gasteiger partial charge is 0.334 e. The predicted octanol–water partition coefficient (Wildman–Crippen LogP) is 1.73. The van der Waals surface area contributed by atoms with Crippen molar-refractivity contribution in [3.63, 3.8) is 0 Å². The molecule has 0 radical (unpaired) electrons. The van der Waals surface area contributed by atoms with Gasteiger partial charge in [-0.25, -0.2) is 4.79 Å². The molecule has 8 nitrogen and oxygen atoms in total. The van der Waals surface area contributed by atoms with Crippen LogP contribution < -0.4 is 0 Å². The number of carbonyl (C=O) groups excluding carboxylic acids is 2. The predicted molar refractivity (Wildman–Crippen MR) is 127 cm³/mol. The Kier molecular flexibility index (Phi) is 4.73. The van der Waals surface area contributed by atoms with Gasteiger partial charge in [0.05, 0.1) is 17.1 Å². The van der Waals surface area contributed by atoms with Crippen LogP contribution in [0.2, 0.25) is 0 Å². The number of rotatable bonds is 2. The summed E-state index contributed by atoms with van der Waals surface area (Å²) in [4.78, 5) is 25.8. The number of esters is 1. The van der Waals surface area contributed by atoms with Crippen molar-refractivity contribution >= 4 is 11.8 Å². The number of ketones is 1. The van der Waals surface area contributed by atoms with Gasteiger partial charge in [-0.15, -0.1) is 0 Å². The van der Waals surface area contributed by atoms with Crippen LogP contribution in [0.15, 0.2) is 23.3 Å². The highest BCUT2D eigenvalue weighted by molar-refractivity contribution is 5.98. The minimum atomic E-state index is -1.81. The summed E-state index contributed by atoms with van der Waals surface area (Å²) in [5.41, 5.74) is -6.64. The summed E-state index contributed by atoms with van der Waals surface area (Å²) in [5, 5.41) is 47.5. The van der Waals surface area contributed by atoms with E-state index >= 15 is 0 Å². The molecule has 1 saturated heterocycles. The first-order valence-corrected chi connectivity index (χ1v) is 13.2. The zero-order valence-corrected chi connectivity index (χ0v) is 21.7. The van der Waals surface area contributed by atoms with Crippen LogP contribution in [0.1, 0.15) is 73.1 Å². The Balaban J connectivity index is 1.39. The van der Waals surface area contributed by atoms with E-state index in [0.29, 0.717) is 31.3 Å². The Morgan fingerprint density at radius 1 is 1.08 bits per heavy atom. The van der Waals surface area contributed by atoms with Crippen LogP contribution in [-0.4, -0.2) is 72.9 Å². The number of hydrogen-bond acceptors (Lipinski definition) is 8. The second-order valence-corrected chi connectivity index (χ2v) is 13.0. The van der Waals surface area contributed by atoms with E-state index in [-0.39, 0.29) is 36.6 Å². The fraction of sp³-hybridized carbons (Fsp3) is 0.786.